The van der Waals surface area contributed by atoms with Gasteiger partial charge in [-0.3, -0.25) is 0 Å². The molecule has 1 aromatic carbocycles. The van der Waals surface area contributed by atoms with Crippen molar-refractivity contribution >= 4 is 11.6 Å². The highest BCUT2D eigenvalue weighted by Gasteiger charge is 2.20. The predicted octanol–water partition coefficient (Wildman–Crippen LogP) is 5.48. The van der Waals surface area contributed by atoms with Crippen molar-refractivity contribution in [3.8, 4) is 0 Å². The number of rotatable bonds is 3. The first-order chi connectivity index (χ1) is 9.16. The number of hydrogen-bond donors (Lipinski definition) is 0. The van der Waals surface area contributed by atoms with E-state index < -0.39 is 11.6 Å². The van der Waals surface area contributed by atoms with Crippen molar-refractivity contribution in [1.82, 2.24) is 0 Å². The standard InChI is InChI=1S/C16H21ClF2/c17-14(13-6-4-2-1-3-5-7-13)10-12-8-9-15(18)16(19)11-12/h8-9,11,13-14H,1-7,10H2. The minimum Gasteiger partial charge on any atom is -0.204 e. The normalized spacial score (nSPS) is 19.7. The molecule has 0 spiro atoms. The van der Waals surface area contributed by atoms with E-state index in [-0.39, 0.29) is 5.38 Å². The molecule has 0 aliphatic heterocycles. The molecule has 2 rings (SSSR count). The first kappa shape index (κ1) is 14.8. The molecule has 19 heavy (non-hydrogen) atoms. The van der Waals surface area contributed by atoms with Crippen molar-refractivity contribution in [3.63, 3.8) is 0 Å². The Bertz CT molecular complexity index is 398. The van der Waals surface area contributed by atoms with E-state index in [9.17, 15) is 8.78 Å². The zero-order chi connectivity index (χ0) is 13.7. The average molecular weight is 287 g/mol. The van der Waals surface area contributed by atoms with Gasteiger partial charge in [-0.2, -0.15) is 0 Å². The summed E-state index contributed by atoms with van der Waals surface area (Å²) < 4.78 is 26.1. The van der Waals surface area contributed by atoms with Crippen LogP contribution in [0.5, 0.6) is 0 Å². The first-order valence-corrected chi connectivity index (χ1v) is 7.68. The highest BCUT2D eigenvalue weighted by Crippen LogP contribution is 2.29. The Morgan fingerprint density at radius 2 is 1.63 bits per heavy atom. The maximum absolute atomic E-state index is 13.2. The molecule has 3 heteroatoms. The second-order valence-corrected chi connectivity index (χ2v) is 6.13. The lowest BCUT2D eigenvalue weighted by Crippen LogP contribution is -2.19. The van der Waals surface area contributed by atoms with Gasteiger partial charge in [0, 0.05) is 5.38 Å². The highest BCUT2D eigenvalue weighted by atomic mass is 35.5. The summed E-state index contributed by atoms with van der Waals surface area (Å²) >= 11 is 6.50. The van der Waals surface area contributed by atoms with Crippen molar-refractivity contribution in [2.45, 2.75) is 56.7 Å². The van der Waals surface area contributed by atoms with Gasteiger partial charge in [-0.05, 0) is 42.9 Å². The van der Waals surface area contributed by atoms with Crippen LogP contribution < -0.4 is 0 Å². The maximum atomic E-state index is 13.2. The van der Waals surface area contributed by atoms with Crippen molar-refractivity contribution < 1.29 is 8.78 Å². The molecule has 0 heterocycles. The Kier molecular flexibility index (Phi) is 5.62. The van der Waals surface area contributed by atoms with Crippen LogP contribution in [0.15, 0.2) is 18.2 Å². The third-order valence-electron chi connectivity index (χ3n) is 4.08. The molecule has 0 bridgehead atoms. The van der Waals surface area contributed by atoms with E-state index in [4.69, 9.17) is 11.6 Å². The highest BCUT2D eigenvalue weighted by molar-refractivity contribution is 6.20. The molecule has 1 aromatic rings. The molecule has 1 saturated carbocycles. The lowest BCUT2D eigenvalue weighted by molar-refractivity contribution is 0.363. The summed E-state index contributed by atoms with van der Waals surface area (Å²) in [6, 6.07) is 4.09. The number of alkyl halides is 1. The lowest BCUT2D eigenvalue weighted by Gasteiger charge is -2.24. The van der Waals surface area contributed by atoms with Gasteiger partial charge in [0.25, 0.3) is 0 Å². The van der Waals surface area contributed by atoms with Gasteiger partial charge in [0.2, 0.25) is 0 Å². The summed E-state index contributed by atoms with van der Waals surface area (Å²) in [7, 11) is 0. The van der Waals surface area contributed by atoms with Crippen LogP contribution in [0.2, 0.25) is 0 Å². The van der Waals surface area contributed by atoms with E-state index in [1.807, 2.05) is 0 Å². The van der Waals surface area contributed by atoms with Crippen LogP contribution >= 0.6 is 11.6 Å². The van der Waals surface area contributed by atoms with Crippen LogP contribution in [-0.4, -0.2) is 5.38 Å². The zero-order valence-corrected chi connectivity index (χ0v) is 11.9. The fraction of sp³-hybridized carbons (Fsp3) is 0.625. The van der Waals surface area contributed by atoms with E-state index >= 15 is 0 Å². The fourth-order valence-electron chi connectivity index (χ4n) is 2.91. The smallest absolute Gasteiger partial charge is 0.159 e. The Morgan fingerprint density at radius 3 is 2.26 bits per heavy atom. The minimum absolute atomic E-state index is 0.0305. The van der Waals surface area contributed by atoms with Gasteiger partial charge in [-0.25, -0.2) is 8.78 Å². The van der Waals surface area contributed by atoms with Gasteiger partial charge in [-0.15, -0.1) is 11.6 Å². The van der Waals surface area contributed by atoms with Crippen LogP contribution in [-0.2, 0) is 6.42 Å². The molecule has 1 unspecified atom stereocenters. The molecule has 0 nitrogen and oxygen atoms in total. The Morgan fingerprint density at radius 1 is 1.00 bits per heavy atom. The van der Waals surface area contributed by atoms with Gasteiger partial charge in [-0.1, -0.05) is 38.2 Å². The molecule has 1 atom stereocenters. The summed E-state index contributed by atoms with van der Waals surface area (Å²) in [5.41, 5.74) is 0.793. The Hall–Kier alpha value is -0.630. The van der Waals surface area contributed by atoms with Gasteiger partial charge in [0.1, 0.15) is 0 Å². The van der Waals surface area contributed by atoms with Gasteiger partial charge >= 0.3 is 0 Å². The topological polar surface area (TPSA) is 0 Å². The molecule has 1 aliphatic rings. The summed E-state index contributed by atoms with van der Waals surface area (Å²) in [5.74, 6) is -1.06. The van der Waals surface area contributed by atoms with Crippen LogP contribution in [0.25, 0.3) is 0 Å². The van der Waals surface area contributed by atoms with E-state index in [2.05, 4.69) is 0 Å². The van der Waals surface area contributed by atoms with E-state index in [1.54, 1.807) is 6.07 Å². The van der Waals surface area contributed by atoms with Gasteiger partial charge in [0.15, 0.2) is 11.6 Å². The van der Waals surface area contributed by atoms with Crippen molar-refractivity contribution in [2.24, 2.45) is 5.92 Å². The fourth-order valence-corrected chi connectivity index (χ4v) is 3.34. The van der Waals surface area contributed by atoms with Crippen LogP contribution in [0.1, 0.15) is 50.5 Å². The molecule has 0 radical (unpaired) electrons. The molecule has 0 saturated heterocycles. The average Bonchev–Trinajstić information content (AvgIpc) is 2.33. The molecule has 106 valence electrons. The van der Waals surface area contributed by atoms with Crippen molar-refractivity contribution in [2.75, 3.05) is 0 Å². The van der Waals surface area contributed by atoms with Crippen LogP contribution in [0.3, 0.4) is 0 Å². The van der Waals surface area contributed by atoms with E-state index in [1.165, 1.54) is 44.2 Å². The monoisotopic (exact) mass is 286 g/mol. The van der Waals surface area contributed by atoms with Crippen molar-refractivity contribution in [1.29, 1.82) is 0 Å². The van der Waals surface area contributed by atoms with Gasteiger partial charge in [0.05, 0.1) is 0 Å². The molecule has 0 N–H and O–H groups in total. The SMILES string of the molecule is Fc1ccc(CC(Cl)C2CCCCCCC2)cc1F. The molecular formula is C16H21ClF2. The first-order valence-electron chi connectivity index (χ1n) is 7.25. The summed E-state index contributed by atoms with van der Waals surface area (Å²) in [6.07, 6.45) is 9.37. The molecule has 0 amide bonds. The summed E-state index contributed by atoms with van der Waals surface area (Å²) in [6.45, 7) is 0. The molecular weight excluding hydrogens is 266 g/mol. The molecule has 1 fully saturated rings. The minimum atomic E-state index is -0.791. The van der Waals surface area contributed by atoms with Crippen LogP contribution in [0, 0.1) is 17.6 Å². The lowest BCUT2D eigenvalue weighted by atomic mass is 9.86. The summed E-state index contributed by atoms with van der Waals surface area (Å²) in [4.78, 5) is 0. The van der Waals surface area contributed by atoms with Crippen LogP contribution in [0.4, 0.5) is 8.78 Å². The molecule has 1 aliphatic carbocycles. The number of hydrogen-bond acceptors (Lipinski definition) is 0. The third-order valence-corrected chi connectivity index (χ3v) is 4.59. The quantitative estimate of drug-likeness (QED) is 0.646. The number of halogens is 3. The third kappa shape index (κ3) is 4.45. The largest absolute Gasteiger partial charge is 0.204 e. The molecule has 0 aromatic heterocycles. The Balaban J connectivity index is 1.94. The van der Waals surface area contributed by atoms with Gasteiger partial charge < -0.3 is 0 Å². The number of benzene rings is 1. The van der Waals surface area contributed by atoms with E-state index in [0.29, 0.717) is 12.3 Å². The van der Waals surface area contributed by atoms with E-state index in [0.717, 1.165) is 18.4 Å². The zero-order valence-electron chi connectivity index (χ0n) is 11.2. The predicted molar refractivity (Wildman–Crippen MR) is 75.5 cm³/mol. The Labute approximate surface area is 119 Å². The second-order valence-electron chi connectivity index (χ2n) is 5.57. The van der Waals surface area contributed by atoms with Crippen molar-refractivity contribution in [3.05, 3.63) is 35.4 Å². The second kappa shape index (κ2) is 7.23. The summed E-state index contributed by atoms with van der Waals surface area (Å²) in [5, 5.41) is 0.0305. The maximum Gasteiger partial charge on any atom is 0.159 e.